The average molecular weight is 426 g/mol. The van der Waals surface area contributed by atoms with Crippen molar-refractivity contribution in [3.05, 3.63) is 36.9 Å². The molecule has 11 heteroatoms. The largest absolute Gasteiger partial charge is 1.00 e. The summed E-state index contributed by atoms with van der Waals surface area (Å²) in [6.45, 7) is 2.06. The number of aromatic nitrogens is 5. The Hall–Kier alpha value is -1.86. The Labute approximate surface area is 189 Å². The number of thiazole rings is 1. The summed E-state index contributed by atoms with van der Waals surface area (Å²) in [5.41, 5.74) is 0.840. The summed E-state index contributed by atoms with van der Waals surface area (Å²) >= 11 is 1.52. The second-order valence-corrected chi connectivity index (χ2v) is 8.42. The number of H-pyrrole nitrogens is 1. The molecule has 0 spiro atoms. The summed E-state index contributed by atoms with van der Waals surface area (Å²) in [5.74, 6) is 0. The second kappa shape index (κ2) is 9.52. The van der Waals surface area contributed by atoms with Gasteiger partial charge in [0.2, 0.25) is 0 Å². The maximum atomic E-state index is 13.2. The first-order chi connectivity index (χ1) is 14.0. The molecule has 1 fully saturated rings. The van der Waals surface area contributed by atoms with Crippen LogP contribution in [-0.2, 0) is 20.1 Å². The monoisotopic (exact) mass is 426 g/mol. The molecule has 1 aliphatic carbocycles. The van der Waals surface area contributed by atoms with Crippen LogP contribution in [0.15, 0.2) is 15.0 Å². The number of imidazole rings is 1. The molecule has 0 atom stereocenters. The minimum atomic E-state index is -0.443. The Morgan fingerprint density at radius 1 is 1.37 bits per heavy atom. The fourth-order valence-corrected chi connectivity index (χ4v) is 4.61. The number of nitrogens with one attached hydrogen (secondary N) is 1. The van der Waals surface area contributed by atoms with E-state index in [0.29, 0.717) is 23.7 Å². The zero-order valence-corrected chi connectivity index (χ0v) is 18.5. The molecule has 30 heavy (non-hydrogen) atoms. The molecule has 3 heterocycles. The Morgan fingerprint density at radius 3 is 2.73 bits per heavy atom. The molecule has 3 aromatic rings. The number of hydrogen-bond donors (Lipinski definition) is 1. The van der Waals surface area contributed by atoms with Crippen molar-refractivity contribution in [2.24, 2.45) is 7.05 Å². The third-order valence-electron chi connectivity index (χ3n) is 5.33. The molecule has 0 aliphatic heterocycles. The van der Waals surface area contributed by atoms with E-state index in [2.05, 4.69) is 9.97 Å². The maximum Gasteiger partial charge on any atom is 1.00 e. The third kappa shape index (κ3) is 4.28. The number of hydrogen-bond acceptors (Lipinski definition) is 6. The normalized spacial score (nSPS) is 14.4. The molecule has 1 N–H and O–H groups in total. The van der Waals surface area contributed by atoms with Gasteiger partial charge in [0, 0.05) is 24.7 Å². The standard InChI is InChI=1S/C19H24N5O4S.Li/c1-12-11-29-14(20-12)10-24-15-16(21-18(24)28-13-6-3-4-7-13)22(2)19(27)23(17(15)26)8-5-9-25;/h11,13H,3-10H2,1-2H3;/q-1;+1/p+1. The number of rotatable bonds is 7. The van der Waals surface area contributed by atoms with Gasteiger partial charge in [-0.15, -0.1) is 17.9 Å². The molecule has 0 saturated heterocycles. The first-order valence-corrected chi connectivity index (χ1v) is 10.8. The summed E-state index contributed by atoms with van der Waals surface area (Å²) in [4.78, 5) is 33.6. The van der Waals surface area contributed by atoms with Crippen molar-refractivity contribution < 1.29 is 33.3 Å². The van der Waals surface area contributed by atoms with Gasteiger partial charge in [-0.2, -0.15) is 9.55 Å². The summed E-state index contributed by atoms with van der Waals surface area (Å²) in [6, 6.07) is 0.466. The van der Waals surface area contributed by atoms with Gasteiger partial charge in [-0.1, -0.05) is 6.42 Å². The molecule has 0 unspecified atom stereocenters. The van der Waals surface area contributed by atoms with Crippen LogP contribution < -0.4 is 44.5 Å². The van der Waals surface area contributed by atoms with Gasteiger partial charge in [-0.3, -0.25) is 13.9 Å². The van der Waals surface area contributed by atoms with Gasteiger partial charge in [0.05, 0.1) is 0 Å². The Kier molecular flexibility index (Phi) is 7.24. The number of aryl methyl sites for hydroxylation is 2. The molecule has 9 nitrogen and oxygen atoms in total. The first-order valence-electron chi connectivity index (χ1n) is 9.90. The van der Waals surface area contributed by atoms with Crippen LogP contribution in [0.1, 0.15) is 42.8 Å². The number of nitrogens with zero attached hydrogens (tertiary/aromatic N) is 4. The van der Waals surface area contributed by atoms with Crippen LogP contribution in [0.4, 0.5) is 0 Å². The van der Waals surface area contributed by atoms with Crippen molar-refractivity contribution in [1.82, 2.24) is 19.1 Å². The van der Waals surface area contributed by atoms with E-state index in [0.717, 1.165) is 41.0 Å². The smallest absolute Gasteiger partial charge is 0.854 e. The van der Waals surface area contributed by atoms with E-state index in [1.165, 1.54) is 15.9 Å². The number of aromatic amines is 1. The molecular weight excluding hydrogens is 401 g/mol. The van der Waals surface area contributed by atoms with Gasteiger partial charge in [0.1, 0.15) is 17.7 Å². The fraction of sp³-hybridized carbons (Fsp3) is 0.579. The Bertz CT molecular complexity index is 1140. The molecule has 0 bridgehead atoms. The third-order valence-corrected chi connectivity index (χ3v) is 6.28. The Balaban J connectivity index is 0.00000256. The fourth-order valence-electron chi connectivity index (χ4n) is 3.85. The summed E-state index contributed by atoms with van der Waals surface area (Å²) < 4.78 is 10.5. The van der Waals surface area contributed by atoms with Crippen LogP contribution in [-0.4, -0.2) is 31.8 Å². The van der Waals surface area contributed by atoms with Gasteiger partial charge in [-0.25, -0.2) is 9.78 Å². The minimum absolute atomic E-state index is 0. The van der Waals surface area contributed by atoms with Crippen molar-refractivity contribution in [1.29, 1.82) is 0 Å². The van der Waals surface area contributed by atoms with Crippen LogP contribution >= 0.6 is 11.3 Å². The van der Waals surface area contributed by atoms with E-state index in [4.69, 9.17) is 4.74 Å². The molecule has 1 aliphatic rings. The van der Waals surface area contributed by atoms with Crippen LogP contribution in [0.5, 0.6) is 6.01 Å². The van der Waals surface area contributed by atoms with E-state index < -0.39 is 11.2 Å². The van der Waals surface area contributed by atoms with E-state index in [9.17, 15) is 14.7 Å². The van der Waals surface area contributed by atoms with Crippen molar-refractivity contribution in [2.45, 2.75) is 58.2 Å². The first kappa shape index (κ1) is 22.8. The van der Waals surface area contributed by atoms with Crippen molar-refractivity contribution in [3.63, 3.8) is 0 Å². The van der Waals surface area contributed by atoms with E-state index in [1.54, 1.807) is 11.6 Å². The van der Waals surface area contributed by atoms with Gasteiger partial charge in [0.25, 0.3) is 11.2 Å². The topological polar surface area (TPSA) is 109 Å². The molecular formula is C19H25LiN5O4S+. The molecule has 4 rings (SSSR count). The van der Waals surface area contributed by atoms with Crippen molar-refractivity contribution >= 4 is 22.5 Å². The molecule has 156 valence electrons. The van der Waals surface area contributed by atoms with E-state index in [1.807, 2.05) is 12.3 Å². The summed E-state index contributed by atoms with van der Waals surface area (Å²) in [6.07, 6.45) is 4.50. The SMILES string of the molecule is Cc1csc(C[n+]2c(OC3CCCC3)[nH]c3c2c(=O)n(CCC[O-])c(=O)n3C)n1.[Li+]. The summed E-state index contributed by atoms with van der Waals surface area (Å²) in [7, 11) is 1.62. The zero-order chi connectivity index (χ0) is 20.5. The predicted octanol–water partition coefficient (Wildman–Crippen LogP) is -2.80. The molecule has 0 amide bonds. The molecule has 1 saturated carbocycles. The van der Waals surface area contributed by atoms with Crippen LogP contribution in [0.3, 0.4) is 0 Å². The quantitative estimate of drug-likeness (QED) is 0.324. The predicted molar refractivity (Wildman–Crippen MR) is 106 cm³/mol. The number of ether oxygens (including phenoxy) is 1. The van der Waals surface area contributed by atoms with Gasteiger partial charge in [-0.05, 0) is 32.6 Å². The summed E-state index contributed by atoms with van der Waals surface area (Å²) in [5, 5.41) is 13.7. The van der Waals surface area contributed by atoms with E-state index in [-0.39, 0.29) is 44.5 Å². The van der Waals surface area contributed by atoms with Crippen LogP contribution in [0.25, 0.3) is 11.2 Å². The molecule has 0 radical (unpaired) electrons. The maximum absolute atomic E-state index is 13.2. The van der Waals surface area contributed by atoms with Crippen molar-refractivity contribution in [2.75, 3.05) is 6.61 Å². The Morgan fingerprint density at radius 2 is 2.10 bits per heavy atom. The van der Waals surface area contributed by atoms with Crippen LogP contribution in [0.2, 0.25) is 0 Å². The average Bonchev–Trinajstić information content (AvgIpc) is 3.42. The number of fused-ring (bicyclic) bond motifs is 1. The van der Waals surface area contributed by atoms with Crippen LogP contribution in [0, 0.1) is 6.92 Å². The molecule has 3 aromatic heterocycles. The zero-order valence-electron chi connectivity index (χ0n) is 17.6. The molecule has 0 aromatic carbocycles. The van der Waals surface area contributed by atoms with E-state index >= 15 is 0 Å². The van der Waals surface area contributed by atoms with Crippen molar-refractivity contribution in [3.8, 4) is 6.01 Å². The second-order valence-electron chi connectivity index (χ2n) is 7.48. The van der Waals surface area contributed by atoms with Gasteiger partial charge in [0.15, 0.2) is 0 Å². The van der Waals surface area contributed by atoms with Gasteiger partial charge < -0.3 is 9.84 Å². The van der Waals surface area contributed by atoms with Gasteiger partial charge >= 0.3 is 36.1 Å². The minimum Gasteiger partial charge on any atom is -0.854 e.